The number of nitrogens with one attached hydrogen (secondary N) is 1. The second kappa shape index (κ2) is 10.1. The molecule has 0 saturated carbocycles. The molecule has 0 spiro atoms. The summed E-state index contributed by atoms with van der Waals surface area (Å²) in [5, 5.41) is 4.15. The first-order valence-electron chi connectivity index (χ1n) is 9.96. The smallest absolute Gasteiger partial charge is 0.165 e. The highest BCUT2D eigenvalue weighted by Crippen LogP contribution is 2.27. The van der Waals surface area contributed by atoms with Crippen LogP contribution in [-0.2, 0) is 6.42 Å². The molecule has 29 heavy (non-hydrogen) atoms. The fourth-order valence-electron chi connectivity index (χ4n) is 3.19. The van der Waals surface area contributed by atoms with Crippen molar-refractivity contribution in [1.82, 2.24) is 0 Å². The maximum Gasteiger partial charge on any atom is 0.165 e. The van der Waals surface area contributed by atoms with Gasteiger partial charge in [0.25, 0.3) is 0 Å². The minimum atomic E-state index is -0.152. The first-order chi connectivity index (χ1) is 14.1. The van der Waals surface area contributed by atoms with E-state index in [2.05, 4.69) is 36.5 Å². The topological polar surface area (TPSA) is 38.3 Å². The average Bonchev–Trinajstić information content (AvgIpc) is 2.75. The van der Waals surface area contributed by atoms with E-state index in [9.17, 15) is 4.79 Å². The first-order valence-corrected chi connectivity index (χ1v) is 10.3. The van der Waals surface area contributed by atoms with Crippen LogP contribution in [0.5, 0.6) is 5.75 Å². The lowest BCUT2D eigenvalue weighted by molar-refractivity contribution is 0.0976. The van der Waals surface area contributed by atoms with Crippen LogP contribution in [0, 0.1) is 0 Å². The lowest BCUT2D eigenvalue weighted by Crippen LogP contribution is -2.16. The Bertz CT molecular complexity index is 919. The lowest BCUT2D eigenvalue weighted by atomic mass is 9.97. The maximum atomic E-state index is 12.9. The van der Waals surface area contributed by atoms with Crippen LogP contribution in [0.1, 0.15) is 47.8 Å². The van der Waals surface area contributed by atoms with Gasteiger partial charge in [-0.25, -0.2) is 0 Å². The molecule has 150 valence electrons. The van der Waals surface area contributed by atoms with Crippen LogP contribution >= 0.6 is 11.6 Å². The van der Waals surface area contributed by atoms with Crippen molar-refractivity contribution in [3.63, 3.8) is 0 Å². The number of carbonyl (C=O) groups excluding carboxylic acids is 1. The van der Waals surface area contributed by atoms with Gasteiger partial charge in [0.1, 0.15) is 5.75 Å². The summed E-state index contributed by atoms with van der Waals surface area (Å²) < 4.78 is 5.55. The van der Waals surface area contributed by atoms with Gasteiger partial charge in [0.05, 0.1) is 12.6 Å². The van der Waals surface area contributed by atoms with Crippen molar-refractivity contribution in [2.45, 2.75) is 32.7 Å². The molecular weight excluding hydrogens is 382 g/mol. The normalized spacial score (nSPS) is 11.7. The van der Waals surface area contributed by atoms with Crippen molar-refractivity contribution in [3.05, 3.63) is 94.5 Å². The predicted octanol–water partition coefficient (Wildman–Crippen LogP) is 6.73. The fraction of sp³-hybridized carbons (Fsp3) is 0.240. The summed E-state index contributed by atoms with van der Waals surface area (Å²) in [5.41, 5.74) is 3.97. The van der Waals surface area contributed by atoms with Crippen LogP contribution in [-0.4, -0.2) is 12.4 Å². The summed E-state index contributed by atoms with van der Waals surface area (Å²) in [5.74, 6) is 0.893. The van der Waals surface area contributed by atoms with Gasteiger partial charge < -0.3 is 10.1 Å². The molecule has 3 nitrogen and oxygen atoms in total. The highest BCUT2D eigenvalue weighted by atomic mass is 35.5. The Morgan fingerprint density at radius 2 is 1.59 bits per heavy atom. The average molecular weight is 408 g/mol. The number of halogens is 1. The molecule has 0 bridgehead atoms. The molecule has 0 aliphatic rings. The van der Waals surface area contributed by atoms with E-state index in [1.165, 1.54) is 5.56 Å². The number of rotatable bonds is 9. The standard InChI is InChI=1S/C25H26ClNO2/c1-3-18-5-13-22(14-6-18)27-24(19-9-15-23(16-10-19)29-4-2)17-25(28)20-7-11-21(26)12-8-20/h5-16,24,27H,3-4,17H2,1-2H3. The summed E-state index contributed by atoms with van der Waals surface area (Å²) >= 11 is 5.95. The highest BCUT2D eigenvalue weighted by Gasteiger charge is 2.18. The van der Waals surface area contributed by atoms with Gasteiger partial charge in [-0.05, 0) is 73.0 Å². The van der Waals surface area contributed by atoms with E-state index >= 15 is 0 Å². The number of hydrogen-bond acceptors (Lipinski definition) is 3. The number of ether oxygens (including phenoxy) is 1. The van der Waals surface area contributed by atoms with Gasteiger partial charge in [-0.3, -0.25) is 4.79 Å². The van der Waals surface area contributed by atoms with Crippen LogP contribution in [0.2, 0.25) is 5.02 Å². The summed E-state index contributed by atoms with van der Waals surface area (Å²) in [4.78, 5) is 12.9. The predicted molar refractivity (Wildman–Crippen MR) is 120 cm³/mol. The number of benzene rings is 3. The fourth-order valence-corrected chi connectivity index (χ4v) is 3.32. The molecule has 0 heterocycles. The van der Waals surface area contributed by atoms with Crippen LogP contribution in [0.15, 0.2) is 72.8 Å². The van der Waals surface area contributed by atoms with Crippen molar-refractivity contribution in [1.29, 1.82) is 0 Å². The van der Waals surface area contributed by atoms with E-state index in [0.29, 0.717) is 23.6 Å². The van der Waals surface area contributed by atoms with E-state index < -0.39 is 0 Å². The first kappa shape index (κ1) is 20.9. The Hall–Kier alpha value is -2.78. The highest BCUT2D eigenvalue weighted by molar-refractivity contribution is 6.30. The molecule has 4 heteroatoms. The Balaban J connectivity index is 1.83. The Morgan fingerprint density at radius 1 is 0.931 bits per heavy atom. The van der Waals surface area contributed by atoms with Crippen LogP contribution in [0.3, 0.4) is 0 Å². The molecule has 0 fully saturated rings. The van der Waals surface area contributed by atoms with Gasteiger partial charge in [0.15, 0.2) is 5.78 Å². The molecule has 3 rings (SSSR count). The molecule has 3 aromatic rings. The zero-order valence-corrected chi connectivity index (χ0v) is 17.6. The summed E-state index contributed by atoms with van der Waals surface area (Å²) in [6.07, 6.45) is 1.34. The second-order valence-electron chi connectivity index (χ2n) is 6.88. The number of aryl methyl sites for hydroxylation is 1. The van der Waals surface area contributed by atoms with Gasteiger partial charge in [0.2, 0.25) is 0 Å². The monoisotopic (exact) mass is 407 g/mol. The zero-order valence-electron chi connectivity index (χ0n) is 16.8. The third kappa shape index (κ3) is 5.85. The van der Waals surface area contributed by atoms with Gasteiger partial charge in [-0.15, -0.1) is 0 Å². The second-order valence-corrected chi connectivity index (χ2v) is 7.32. The van der Waals surface area contributed by atoms with Crippen molar-refractivity contribution >= 4 is 23.1 Å². The molecule has 0 amide bonds. The summed E-state index contributed by atoms with van der Waals surface area (Å²) in [6, 6.07) is 23.1. The molecule has 0 saturated heterocycles. The SMILES string of the molecule is CCOc1ccc(C(CC(=O)c2ccc(Cl)cc2)Nc2ccc(CC)cc2)cc1. The largest absolute Gasteiger partial charge is 0.494 e. The minimum Gasteiger partial charge on any atom is -0.494 e. The van der Waals surface area contributed by atoms with Crippen molar-refractivity contribution in [2.75, 3.05) is 11.9 Å². The van der Waals surface area contributed by atoms with Gasteiger partial charge >= 0.3 is 0 Å². The summed E-state index contributed by atoms with van der Waals surface area (Å²) in [7, 11) is 0. The molecule has 0 radical (unpaired) electrons. The van der Waals surface area contributed by atoms with Gasteiger partial charge in [-0.2, -0.15) is 0 Å². The van der Waals surface area contributed by atoms with E-state index in [4.69, 9.17) is 16.3 Å². The van der Waals surface area contributed by atoms with Gasteiger partial charge in [-0.1, -0.05) is 42.8 Å². The van der Waals surface area contributed by atoms with Crippen molar-refractivity contribution in [2.24, 2.45) is 0 Å². The third-order valence-corrected chi connectivity index (χ3v) is 5.10. The number of ketones is 1. The summed E-state index contributed by atoms with van der Waals surface area (Å²) in [6.45, 7) is 4.72. The lowest BCUT2D eigenvalue weighted by Gasteiger charge is -2.21. The van der Waals surface area contributed by atoms with Crippen LogP contribution < -0.4 is 10.1 Å². The van der Waals surface area contributed by atoms with Crippen molar-refractivity contribution in [3.8, 4) is 5.75 Å². The van der Waals surface area contributed by atoms with E-state index in [1.54, 1.807) is 24.3 Å². The van der Waals surface area contributed by atoms with E-state index in [1.807, 2.05) is 31.2 Å². The molecule has 0 aromatic heterocycles. The molecule has 1 N–H and O–H groups in total. The maximum absolute atomic E-state index is 12.9. The van der Waals surface area contributed by atoms with Crippen molar-refractivity contribution < 1.29 is 9.53 Å². The molecule has 0 aliphatic carbocycles. The number of anilines is 1. The Morgan fingerprint density at radius 3 is 2.17 bits per heavy atom. The third-order valence-electron chi connectivity index (χ3n) is 4.85. The molecule has 3 aromatic carbocycles. The molecule has 1 atom stereocenters. The van der Waals surface area contributed by atoms with E-state index in [0.717, 1.165) is 23.4 Å². The zero-order chi connectivity index (χ0) is 20.6. The minimum absolute atomic E-state index is 0.0678. The van der Waals surface area contributed by atoms with E-state index in [-0.39, 0.29) is 11.8 Å². The quantitative estimate of drug-likeness (QED) is 0.400. The Kier molecular flexibility index (Phi) is 7.31. The van der Waals surface area contributed by atoms with Crippen LogP contribution in [0.4, 0.5) is 5.69 Å². The Labute approximate surface area is 177 Å². The van der Waals surface area contributed by atoms with Gasteiger partial charge in [0, 0.05) is 22.7 Å². The van der Waals surface area contributed by atoms with Crippen LogP contribution in [0.25, 0.3) is 0 Å². The number of carbonyl (C=O) groups is 1. The molecule has 0 aliphatic heterocycles. The number of hydrogen-bond donors (Lipinski definition) is 1. The number of Topliss-reactive ketones (excluding diaryl/α,β-unsaturated/α-hetero) is 1. The molecule has 1 unspecified atom stereocenters. The molecular formula is C25H26ClNO2.